The molecule has 0 fully saturated rings. The van der Waals surface area contributed by atoms with E-state index in [1.807, 2.05) is 20.8 Å². The molecule has 0 aromatic carbocycles. The molecule has 2 N–H and O–H groups in total. The lowest BCUT2D eigenvalue weighted by molar-refractivity contribution is -0.284. The van der Waals surface area contributed by atoms with Crippen molar-refractivity contribution in [3.63, 3.8) is 0 Å². The van der Waals surface area contributed by atoms with Crippen molar-refractivity contribution in [1.29, 1.82) is 0 Å². The third-order valence-corrected chi connectivity index (χ3v) is 3.08. The van der Waals surface area contributed by atoms with Crippen molar-refractivity contribution in [1.82, 2.24) is 5.32 Å². The first-order chi connectivity index (χ1) is 11.7. The second-order valence-electron chi connectivity index (χ2n) is 6.71. The number of carbonyl (C=O) groups excluding carboxylic acids is 1. The average Bonchev–Trinajstić information content (AvgIpc) is 2.44. The van der Waals surface area contributed by atoms with Crippen LogP contribution in [0.1, 0.15) is 46.5 Å². The van der Waals surface area contributed by atoms with Crippen LogP contribution in [0.3, 0.4) is 0 Å². The lowest BCUT2D eigenvalue weighted by atomic mass is 10.1. The number of rotatable bonds is 10. The number of alkyl halides is 5. The fraction of sp³-hybridized carbons (Fsp3) is 0.750. The number of nitrogens with one attached hydrogen (secondary N) is 1. The van der Waals surface area contributed by atoms with Gasteiger partial charge in [-0.15, -0.1) is 0 Å². The molecule has 0 atom stereocenters. The maximum Gasteiger partial charge on any atom is 0.453 e. The molecule has 26 heavy (non-hydrogen) atoms. The molecule has 0 aromatic rings. The summed E-state index contributed by atoms with van der Waals surface area (Å²) in [5.41, 5.74) is -0.360. The van der Waals surface area contributed by atoms with Gasteiger partial charge >= 0.3 is 24.0 Å². The Kier molecular flexibility index (Phi) is 9.19. The van der Waals surface area contributed by atoms with Gasteiger partial charge in [0.05, 0.1) is 13.0 Å². The second kappa shape index (κ2) is 9.84. The maximum atomic E-state index is 12.7. The van der Waals surface area contributed by atoms with Crippen LogP contribution in [0.4, 0.5) is 22.0 Å². The van der Waals surface area contributed by atoms with E-state index in [4.69, 9.17) is 5.11 Å². The normalized spacial score (nSPS) is 13.6. The van der Waals surface area contributed by atoms with Gasteiger partial charge in [-0.1, -0.05) is 6.08 Å². The first-order valence-electron chi connectivity index (χ1n) is 7.93. The Morgan fingerprint density at radius 2 is 1.69 bits per heavy atom. The van der Waals surface area contributed by atoms with Gasteiger partial charge in [0.1, 0.15) is 0 Å². The highest BCUT2D eigenvalue weighted by atomic mass is 19.4. The van der Waals surface area contributed by atoms with E-state index in [0.29, 0.717) is 13.0 Å². The van der Waals surface area contributed by atoms with Crippen molar-refractivity contribution in [3.8, 4) is 0 Å². The van der Waals surface area contributed by atoms with Crippen LogP contribution in [0.15, 0.2) is 11.6 Å². The minimum absolute atomic E-state index is 0.176. The number of carboxylic acids is 1. The molecule has 0 aliphatic heterocycles. The Morgan fingerprint density at radius 3 is 2.15 bits per heavy atom. The molecule has 0 saturated heterocycles. The third kappa shape index (κ3) is 10.3. The van der Waals surface area contributed by atoms with Crippen molar-refractivity contribution >= 4 is 11.9 Å². The fourth-order valence-corrected chi connectivity index (χ4v) is 1.78. The van der Waals surface area contributed by atoms with Crippen molar-refractivity contribution in [2.24, 2.45) is 0 Å². The maximum absolute atomic E-state index is 12.7. The molecular weight excluding hydrogens is 365 g/mol. The van der Waals surface area contributed by atoms with Crippen LogP contribution in [-0.2, 0) is 14.3 Å². The Labute approximate surface area is 148 Å². The topological polar surface area (TPSA) is 75.6 Å². The molecule has 0 bridgehead atoms. The fourth-order valence-electron chi connectivity index (χ4n) is 1.78. The Morgan fingerprint density at radius 1 is 1.12 bits per heavy atom. The van der Waals surface area contributed by atoms with Gasteiger partial charge in [0, 0.05) is 17.5 Å². The number of ether oxygens (including phenoxy) is 1. The van der Waals surface area contributed by atoms with E-state index < -0.39 is 49.9 Å². The molecule has 10 heteroatoms. The minimum Gasteiger partial charge on any atom is -0.481 e. The summed E-state index contributed by atoms with van der Waals surface area (Å²) < 4.78 is 66.1. The van der Waals surface area contributed by atoms with E-state index >= 15 is 0 Å². The zero-order valence-corrected chi connectivity index (χ0v) is 14.9. The first kappa shape index (κ1) is 24.3. The van der Waals surface area contributed by atoms with E-state index in [9.17, 15) is 31.5 Å². The smallest absolute Gasteiger partial charge is 0.453 e. The van der Waals surface area contributed by atoms with Gasteiger partial charge in [-0.25, -0.2) is 4.79 Å². The summed E-state index contributed by atoms with van der Waals surface area (Å²) in [4.78, 5) is 22.6. The summed E-state index contributed by atoms with van der Waals surface area (Å²) in [6, 6.07) is 0. The lowest BCUT2D eigenvalue weighted by Gasteiger charge is -2.20. The van der Waals surface area contributed by atoms with Crippen LogP contribution in [-0.4, -0.2) is 47.8 Å². The number of carboxylic acid groups (broad SMARTS) is 1. The SMILES string of the molecule is CC(C)(C)NCCC=C(CC(=O)O)C(=O)OCCCC(F)(F)C(F)(F)F. The monoisotopic (exact) mass is 389 g/mol. The molecule has 0 radical (unpaired) electrons. The predicted octanol–water partition coefficient (Wildman–Crippen LogP) is 3.69. The number of hydrogen-bond donors (Lipinski definition) is 2. The van der Waals surface area contributed by atoms with Gasteiger partial charge in [0.15, 0.2) is 0 Å². The largest absolute Gasteiger partial charge is 0.481 e. The third-order valence-electron chi connectivity index (χ3n) is 3.08. The number of esters is 1. The van der Waals surface area contributed by atoms with Crippen molar-refractivity contribution in [2.45, 2.75) is 64.1 Å². The van der Waals surface area contributed by atoms with Crippen molar-refractivity contribution in [2.75, 3.05) is 13.2 Å². The molecule has 0 spiro atoms. The summed E-state index contributed by atoms with van der Waals surface area (Å²) >= 11 is 0. The minimum atomic E-state index is -5.66. The number of hydrogen-bond acceptors (Lipinski definition) is 4. The van der Waals surface area contributed by atoms with E-state index in [-0.39, 0.29) is 11.1 Å². The predicted molar refractivity (Wildman–Crippen MR) is 83.9 cm³/mol. The highest BCUT2D eigenvalue weighted by Crippen LogP contribution is 2.38. The Bertz CT molecular complexity index is 510. The van der Waals surface area contributed by atoms with E-state index in [1.165, 1.54) is 6.08 Å². The van der Waals surface area contributed by atoms with Gasteiger partial charge in [-0.2, -0.15) is 22.0 Å². The average molecular weight is 389 g/mol. The Balaban J connectivity index is 4.54. The Hall–Kier alpha value is -1.71. The number of carbonyl (C=O) groups is 2. The molecule has 152 valence electrons. The summed E-state index contributed by atoms with van der Waals surface area (Å²) in [6.45, 7) is 5.54. The van der Waals surface area contributed by atoms with Gasteiger partial charge < -0.3 is 15.2 Å². The summed E-state index contributed by atoms with van der Waals surface area (Å²) in [5.74, 6) is -7.20. The van der Waals surface area contributed by atoms with Crippen LogP contribution < -0.4 is 5.32 Å². The molecule has 0 heterocycles. The first-order valence-corrected chi connectivity index (χ1v) is 7.93. The van der Waals surface area contributed by atoms with E-state index in [2.05, 4.69) is 10.1 Å². The molecule has 0 aliphatic carbocycles. The standard InChI is InChI=1S/C16H24F5NO4/c1-14(2,3)22-8-4-6-11(10-12(23)24)13(25)26-9-5-7-15(17,18)16(19,20)21/h6,22H,4-5,7-10H2,1-3H3,(H,23,24). The van der Waals surface area contributed by atoms with Crippen molar-refractivity contribution in [3.05, 3.63) is 11.6 Å². The molecule has 0 saturated carbocycles. The van der Waals surface area contributed by atoms with Gasteiger partial charge in [-0.05, 0) is 40.2 Å². The quantitative estimate of drug-likeness (QED) is 0.258. The lowest BCUT2D eigenvalue weighted by Crippen LogP contribution is -2.36. The molecule has 5 nitrogen and oxygen atoms in total. The molecule has 0 unspecified atom stereocenters. The van der Waals surface area contributed by atoms with Gasteiger partial charge in [-0.3, -0.25) is 4.79 Å². The zero-order valence-electron chi connectivity index (χ0n) is 14.9. The number of halogens is 5. The van der Waals surface area contributed by atoms with Crippen LogP contribution in [0.2, 0.25) is 0 Å². The highest BCUT2D eigenvalue weighted by molar-refractivity contribution is 5.93. The number of aliphatic carboxylic acids is 1. The zero-order chi connectivity index (χ0) is 20.6. The van der Waals surface area contributed by atoms with Crippen LogP contribution in [0.5, 0.6) is 0 Å². The van der Waals surface area contributed by atoms with Crippen LogP contribution in [0.25, 0.3) is 0 Å². The van der Waals surface area contributed by atoms with Crippen LogP contribution in [0, 0.1) is 0 Å². The summed E-state index contributed by atoms with van der Waals surface area (Å²) in [6.07, 6.45) is -6.85. The second-order valence-corrected chi connectivity index (χ2v) is 6.71. The highest BCUT2D eigenvalue weighted by Gasteiger charge is 2.56. The molecule has 0 aromatic heterocycles. The van der Waals surface area contributed by atoms with Gasteiger partial charge in [0.25, 0.3) is 0 Å². The van der Waals surface area contributed by atoms with Crippen LogP contribution >= 0.6 is 0 Å². The molecule has 0 rings (SSSR count). The van der Waals surface area contributed by atoms with Gasteiger partial charge in [0.2, 0.25) is 0 Å². The molecule has 0 amide bonds. The van der Waals surface area contributed by atoms with E-state index in [1.54, 1.807) is 0 Å². The molecular formula is C16H24F5NO4. The van der Waals surface area contributed by atoms with E-state index in [0.717, 1.165) is 0 Å². The summed E-state index contributed by atoms with van der Waals surface area (Å²) in [7, 11) is 0. The van der Waals surface area contributed by atoms with Crippen molar-refractivity contribution < 1.29 is 41.4 Å². The summed E-state index contributed by atoms with van der Waals surface area (Å²) in [5, 5.41) is 11.9. The molecule has 0 aliphatic rings.